The Kier molecular flexibility index (Phi) is 5.89. The molecule has 7 nitrogen and oxygen atoms in total. The summed E-state index contributed by atoms with van der Waals surface area (Å²) in [4.78, 5) is 27.2. The fourth-order valence-corrected chi connectivity index (χ4v) is 3.30. The van der Waals surface area contributed by atoms with Crippen LogP contribution in [0.3, 0.4) is 0 Å². The molecule has 1 heterocycles. The summed E-state index contributed by atoms with van der Waals surface area (Å²) in [7, 11) is 2.07. The molecule has 3 rings (SSSR count). The molecule has 1 unspecified atom stereocenters. The molecule has 0 spiro atoms. The first-order chi connectivity index (χ1) is 13.3. The van der Waals surface area contributed by atoms with E-state index in [1.807, 2.05) is 0 Å². The van der Waals surface area contributed by atoms with E-state index in [4.69, 9.17) is 0 Å². The van der Waals surface area contributed by atoms with Crippen LogP contribution >= 0.6 is 0 Å². The Balaban J connectivity index is 1.77. The van der Waals surface area contributed by atoms with Gasteiger partial charge in [-0.3, -0.25) is 14.9 Å². The van der Waals surface area contributed by atoms with Crippen LogP contribution in [0.5, 0.6) is 0 Å². The average molecular weight is 386 g/mol. The number of carbonyl (C=O) groups excluding carboxylic acids is 1. The highest BCUT2D eigenvalue weighted by Crippen LogP contribution is 2.28. The van der Waals surface area contributed by atoms with E-state index in [0.717, 1.165) is 31.9 Å². The smallest absolute Gasteiger partial charge is 0.269 e. The topological polar surface area (TPSA) is 78.7 Å². The number of benzene rings is 2. The average Bonchev–Trinajstić information content (AvgIpc) is 2.68. The Hall–Kier alpha value is -3.00. The number of hydrogen-bond donors (Lipinski definition) is 1. The van der Waals surface area contributed by atoms with Gasteiger partial charge in [-0.05, 0) is 44.3 Å². The minimum atomic E-state index is -0.515. The number of nitrogens with zero attached hydrogens (tertiary/aromatic N) is 3. The third kappa shape index (κ3) is 4.45. The Bertz CT molecular complexity index is 864. The van der Waals surface area contributed by atoms with Gasteiger partial charge in [0.25, 0.3) is 11.6 Å². The van der Waals surface area contributed by atoms with Gasteiger partial charge in [-0.15, -0.1) is 0 Å². The van der Waals surface area contributed by atoms with E-state index in [2.05, 4.69) is 22.2 Å². The summed E-state index contributed by atoms with van der Waals surface area (Å²) in [5, 5.41) is 13.6. The molecule has 1 amide bonds. The predicted octanol–water partition coefficient (Wildman–Crippen LogP) is 2.98. The summed E-state index contributed by atoms with van der Waals surface area (Å²) in [6, 6.07) is 9.61. The summed E-state index contributed by atoms with van der Waals surface area (Å²) in [5.74, 6) is -0.722. The normalized spacial score (nSPS) is 15.9. The number of anilines is 1. The first-order valence-corrected chi connectivity index (χ1v) is 9.13. The molecule has 8 heteroatoms. The van der Waals surface area contributed by atoms with Crippen molar-refractivity contribution >= 4 is 17.3 Å². The molecule has 148 valence electrons. The molecule has 0 saturated carbocycles. The molecule has 0 aliphatic carbocycles. The molecular weight excluding hydrogens is 363 g/mol. The lowest BCUT2D eigenvalue weighted by molar-refractivity contribution is -0.384. The van der Waals surface area contributed by atoms with Crippen LogP contribution in [0.1, 0.15) is 28.9 Å². The van der Waals surface area contributed by atoms with Crippen molar-refractivity contribution in [3.63, 3.8) is 0 Å². The van der Waals surface area contributed by atoms with Crippen molar-refractivity contribution < 1.29 is 14.1 Å². The van der Waals surface area contributed by atoms with E-state index >= 15 is 0 Å². The van der Waals surface area contributed by atoms with E-state index in [1.165, 1.54) is 36.4 Å². The monoisotopic (exact) mass is 386 g/mol. The maximum atomic E-state index is 13.9. The molecule has 28 heavy (non-hydrogen) atoms. The van der Waals surface area contributed by atoms with E-state index in [9.17, 15) is 19.3 Å². The summed E-state index contributed by atoms with van der Waals surface area (Å²) in [5.41, 5.74) is 1.85. The van der Waals surface area contributed by atoms with E-state index in [-0.39, 0.29) is 17.4 Å². The fourth-order valence-electron chi connectivity index (χ4n) is 3.30. The Morgan fingerprint density at radius 1 is 1.14 bits per heavy atom. The van der Waals surface area contributed by atoms with E-state index in [0.29, 0.717) is 11.1 Å². The molecule has 1 aliphatic rings. The maximum absolute atomic E-state index is 13.9. The van der Waals surface area contributed by atoms with Crippen LogP contribution in [-0.4, -0.2) is 49.0 Å². The Labute approximate surface area is 162 Å². The molecule has 1 fully saturated rings. The number of piperazine rings is 1. The van der Waals surface area contributed by atoms with Crippen LogP contribution in [0.25, 0.3) is 0 Å². The number of rotatable bonds is 5. The van der Waals surface area contributed by atoms with Crippen molar-refractivity contribution in [2.24, 2.45) is 0 Å². The minimum absolute atomic E-state index is 0.0768. The van der Waals surface area contributed by atoms with E-state index in [1.54, 1.807) is 13.0 Å². The number of nitrogens with one attached hydrogen (secondary N) is 1. The third-order valence-corrected chi connectivity index (χ3v) is 4.99. The SMILES string of the molecule is CC(NC(=O)c1ccc([N+](=O)[O-])cc1)c1cc(F)ccc1N1CCN(C)CC1. The number of hydrogen-bond acceptors (Lipinski definition) is 5. The molecule has 2 aromatic carbocycles. The highest BCUT2D eigenvalue weighted by molar-refractivity contribution is 5.94. The van der Waals surface area contributed by atoms with Crippen molar-refractivity contribution in [3.05, 3.63) is 69.5 Å². The van der Waals surface area contributed by atoms with Gasteiger partial charge >= 0.3 is 0 Å². The van der Waals surface area contributed by atoms with Gasteiger partial charge in [0, 0.05) is 55.1 Å². The van der Waals surface area contributed by atoms with Crippen LogP contribution in [-0.2, 0) is 0 Å². The lowest BCUT2D eigenvalue weighted by Crippen LogP contribution is -2.45. The summed E-state index contributed by atoms with van der Waals surface area (Å²) in [6.45, 7) is 5.30. The number of nitro benzene ring substituents is 1. The Morgan fingerprint density at radius 3 is 2.39 bits per heavy atom. The lowest BCUT2D eigenvalue weighted by Gasteiger charge is -2.36. The summed E-state index contributed by atoms with van der Waals surface area (Å²) in [6.07, 6.45) is 0. The fraction of sp³-hybridized carbons (Fsp3) is 0.350. The van der Waals surface area contributed by atoms with Crippen molar-refractivity contribution in [1.82, 2.24) is 10.2 Å². The van der Waals surface area contributed by atoms with Gasteiger partial charge in [-0.1, -0.05) is 0 Å². The number of likely N-dealkylation sites (N-methyl/N-ethyl adjacent to an activating group) is 1. The first kappa shape index (κ1) is 19.8. The maximum Gasteiger partial charge on any atom is 0.269 e. The quantitative estimate of drug-likeness (QED) is 0.631. The molecule has 1 atom stereocenters. The third-order valence-electron chi connectivity index (χ3n) is 4.99. The number of halogens is 1. The molecule has 2 aromatic rings. The number of amides is 1. The van der Waals surface area contributed by atoms with E-state index < -0.39 is 11.0 Å². The van der Waals surface area contributed by atoms with Gasteiger partial charge in [0.05, 0.1) is 11.0 Å². The van der Waals surface area contributed by atoms with Crippen LogP contribution < -0.4 is 10.2 Å². The number of nitro groups is 1. The van der Waals surface area contributed by atoms with Crippen molar-refractivity contribution in [2.75, 3.05) is 38.1 Å². The highest BCUT2D eigenvalue weighted by atomic mass is 19.1. The molecule has 1 saturated heterocycles. The van der Waals surface area contributed by atoms with Gasteiger partial charge in [0.1, 0.15) is 5.82 Å². The number of carbonyl (C=O) groups is 1. The van der Waals surface area contributed by atoms with Crippen LogP contribution in [0.2, 0.25) is 0 Å². The van der Waals surface area contributed by atoms with Crippen LogP contribution in [0.15, 0.2) is 42.5 Å². The molecule has 0 aromatic heterocycles. The van der Waals surface area contributed by atoms with Crippen molar-refractivity contribution in [1.29, 1.82) is 0 Å². The zero-order valence-electron chi connectivity index (χ0n) is 15.9. The minimum Gasteiger partial charge on any atom is -0.369 e. The largest absolute Gasteiger partial charge is 0.369 e. The second kappa shape index (κ2) is 8.35. The second-order valence-electron chi connectivity index (χ2n) is 6.99. The zero-order valence-corrected chi connectivity index (χ0v) is 15.9. The summed E-state index contributed by atoms with van der Waals surface area (Å²) >= 11 is 0. The molecule has 0 radical (unpaired) electrons. The number of non-ortho nitro benzene ring substituents is 1. The van der Waals surface area contributed by atoms with Crippen LogP contribution in [0.4, 0.5) is 15.8 Å². The standard InChI is InChI=1S/C20H23FN4O3/c1-14(22-20(26)15-3-6-17(7-4-15)25(27)28)18-13-16(21)5-8-19(18)24-11-9-23(2)10-12-24/h3-8,13-14H,9-12H2,1-2H3,(H,22,26). The predicted molar refractivity (Wildman–Crippen MR) is 105 cm³/mol. The van der Waals surface area contributed by atoms with Gasteiger partial charge < -0.3 is 15.1 Å². The molecule has 1 aliphatic heterocycles. The van der Waals surface area contributed by atoms with Gasteiger partial charge in [0.15, 0.2) is 0 Å². The molecular formula is C20H23FN4O3. The highest BCUT2D eigenvalue weighted by Gasteiger charge is 2.21. The second-order valence-corrected chi connectivity index (χ2v) is 6.99. The molecule has 0 bridgehead atoms. The van der Waals surface area contributed by atoms with Gasteiger partial charge in [-0.25, -0.2) is 4.39 Å². The van der Waals surface area contributed by atoms with Crippen molar-refractivity contribution in [3.8, 4) is 0 Å². The van der Waals surface area contributed by atoms with Crippen molar-refractivity contribution in [2.45, 2.75) is 13.0 Å². The summed E-state index contributed by atoms with van der Waals surface area (Å²) < 4.78 is 13.9. The Morgan fingerprint density at radius 2 is 1.79 bits per heavy atom. The lowest BCUT2D eigenvalue weighted by atomic mass is 10.0. The van der Waals surface area contributed by atoms with Gasteiger partial charge in [0.2, 0.25) is 0 Å². The van der Waals surface area contributed by atoms with Crippen LogP contribution in [0, 0.1) is 15.9 Å². The first-order valence-electron chi connectivity index (χ1n) is 9.13. The van der Waals surface area contributed by atoms with Gasteiger partial charge in [-0.2, -0.15) is 0 Å². The zero-order chi connectivity index (χ0) is 20.3. The molecule has 1 N–H and O–H groups in total.